The number of amides is 1. The van der Waals surface area contributed by atoms with Crippen LogP contribution in [0.3, 0.4) is 0 Å². The van der Waals surface area contributed by atoms with Gasteiger partial charge in [0, 0.05) is 12.6 Å². The Bertz CT molecular complexity index is 522. The van der Waals surface area contributed by atoms with Crippen molar-refractivity contribution in [2.24, 2.45) is 0 Å². The molecule has 0 bridgehead atoms. The first-order valence-corrected chi connectivity index (χ1v) is 6.59. The van der Waals surface area contributed by atoms with Crippen LogP contribution in [0, 0.1) is 0 Å². The Morgan fingerprint density at radius 3 is 2.84 bits per heavy atom. The van der Waals surface area contributed by atoms with E-state index in [-0.39, 0.29) is 34.2 Å². The van der Waals surface area contributed by atoms with Crippen LogP contribution in [0.5, 0.6) is 0 Å². The van der Waals surface area contributed by atoms with Gasteiger partial charge in [0.15, 0.2) is 0 Å². The van der Waals surface area contributed by atoms with Crippen molar-refractivity contribution in [1.82, 2.24) is 9.88 Å². The van der Waals surface area contributed by atoms with E-state index in [1.54, 1.807) is 0 Å². The molecule has 0 aliphatic carbocycles. The number of carbonyl (C=O) groups excluding carboxylic acids is 1. The van der Waals surface area contributed by atoms with E-state index in [1.807, 2.05) is 0 Å². The van der Waals surface area contributed by atoms with Crippen LogP contribution in [0.4, 0.5) is 0 Å². The molecule has 1 N–H and O–H groups in total. The van der Waals surface area contributed by atoms with Crippen molar-refractivity contribution in [2.45, 2.75) is 25.3 Å². The number of hydrogen-bond donors (Lipinski definition) is 1. The molecular weight excluding hydrogens is 291 g/mol. The van der Waals surface area contributed by atoms with Crippen LogP contribution < -0.4 is 0 Å². The number of carboxylic acid groups (broad SMARTS) is 1. The molecule has 1 saturated heterocycles. The van der Waals surface area contributed by atoms with E-state index < -0.39 is 5.97 Å². The molecule has 1 aliphatic heterocycles. The molecule has 0 saturated carbocycles. The Balaban J connectivity index is 2.23. The molecule has 1 atom stereocenters. The molecule has 1 aromatic heterocycles. The lowest BCUT2D eigenvalue weighted by atomic mass is 10.1. The highest BCUT2D eigenvalue weighted by Gasteiger charge is 2.32. The second kappa shape index (κ2) is 5.75. The van der Waals surface area contributed by atoms with Gasteiger partial charge in [-0.3, -0.25) is 9.59 Å². The molecule has 102 valence electrons. The van der Waals surface area contributed by atoms with Gasteiger partial charge < -0.3 is 10.0 Å². The van der Waals surface area contributed by atoms with Crippen LogP contribution in [0.1, 0.15) is 29.8 Å². The van der Waals surface area contributed by atoms with E-state index in [9.17, 15) is 9.59 Å². The zero-order valence-corrected chi connectivity index (χ0v) is 11.5. The second-order valence-corrected chi connectivity index (χ2v) is 5.15. The smallest absolute Gasteiger partial charge is 0.305 e. The number of halogens is 2. The van der Waals surface area contributed by atoms with Crippen LogP contribution in [-0.2, 0) is 4.79 Å². The molecule has 0 radical (unpaired) electrons. The number of aliphatic carboxylic acids is 1. The summed E-state index contributed by atoms with van der Waals surface area (Å²) in [5, 5.41) is 9.24. The van der Waals surface area contributed by atoms with Crippen LogP contribution in [0.15, 0.2) is 12.1 Å². The molecule has 1 aliphatic rings. The summed E-state index contributed by atoms with van der Waals surface area (Å²) in [7, 11) is 0. The summed E-state index contributed by atoms with van der Waals surface area (Å²) in [6.07, 6.45) is 1.39. The highest BCUT2D eigenvalue weighted by atomic mass is 35.5. The molecule has 19 heavy (non-hydrogen) atoms. The van der Waals surface area contributed by atoms with E-state index >= 15 is 0 Å². The van der Waals surface area contributed by atoms with E-state index in [0.717, 1.165) is 6.42 Å². The maximum absolute atomic E-state index is 12.3. The van der Waals surface area contributed by atoms with Crippen molar-refractivity contribution >= 4 is 35.1 Å². The normalized spacial score (nSPS) is 18.6. The summed E-state index contributed by atoms with van der Waals surface area (Å²) >= 11 is 11.7. The zero-order valence-electron chi connectivity index (χ0n) is 9.97. The summed E-state index contributed by atoms with van der Waals surface area (Å²) < 4.78 is 0. The van der Waals surface area contributed by atoms with E-state index in [2.05, 4.69) is 4.98 Å². The minimum Gasteiger partial charge on any atom is -0.481 e. The number of rotatable bonds is 3. The Labute approximate surface area is 120 Å². The minimum absolute atomic E-state index is 0.0656. The third-order valence-electron chi connectivity index (χ3n) is 3.06. The average molecular weight is 303 g/mol. The maximum atomic E-state index is 12.3. The van der Waals surface area contributed by atoms with Gasteiger partial charge in [-0.15, -0.1) is 0 Å². The minimum atomic E-state index is -0.921. The van der Waals surface area contributed by atoms with Crippen molar-refractivity contribution in [3.8, 4) is 0 Å². The predicted octanol–water partition coefficient (Wildman–Crippen LogP) is 2.47. The zero-order chi connectivity index (χ0) is 14.0. The molecule has 2 heterocycles. The largest absolute Gasteiger partial charge is 0.481 e. The van der Waals surface area contributed by atoms with Crippen molar-refractivity contribution in [1.29, 1.82) is 0 Å². The summed E-state index contributed by atoms with van der Waals surface area (Å²) in [5.41, 5.74) is 0.0754. The van der Waals surface area contributed by atoms with Crippen molar-refractivity contribution in [3.63, 3.8) is 0 Å². The molecule has 1 unspecified atom stereocenters. The quantitative estimate of drug-likeness (QED) is 0.871. The van der Waals surface area contributed by atoms with Gasteiger partial charge in [-0.05, 0) is 25.0 Å². The van der Waals surface area contributed by atoms with Gasteiger partial charge in [-0.1, -0.05) is 23.2 Å². The fourth-order valence-corrected chi connectivity index (χ4v) is 2.55. The van der Waals surface area contributed by atoms with Gasteiger partial charge in [-0.25, -0.2) is 4.98 Å². The Kier molecular flexibility index (Phi) is 4.27. The van der Waals surface area contributed by atoms with Crippen LogP contribution >= 0.6 is 23.2 Å². The first-order chi connectivity index (χ1) is 8.99. The molecule has 1 aromatic rings. The molecular formula is C12H12Cl2N2O3. The van der Waals surface area contributed by atoms with Gasteiger partial charge in [0.2, 0.25) is 0 Å². The Morgan fingerprint density at radius 2 is 2.16 bits per heavy atom. The average Bonchev–Trinajstić information content (AvgIpc) is 2.78. The van der Waals surface area contributed by atoms with Gasteiger partial charge >= 0.3 is 5.97 Å². The topological polar surface area (TPSA) is 70.5 Å². The molecule has 2 rings (SSSR count). The summed E-state index contributed by atoms with van der Waals surface area (Å²) in [6.45, 7) is 0.515. The maximum Gasteiger partial charge on any atom is 0.305 e. The Morgan fingerprint density at radius 1 is 1.42 bits per heavy atom. The molecule has 0 aromatic carbocycles. The fourth-order valence-electron chi connectivity index (χ4n) is 2.22. The fraction of sp³-hybridized carbons (Fsp3) is 0.417. The number of likely N-dealkylation sites (tertiary alicyclic amines) is 1. The number of nitrogens with zero attached hydrogens (tertiary/aromatic N) is 2. The van der Waals surface area contributed by atoms with E-state index in [4.69, 9.17) is 28.3 Å². The third kappa shape index (κ3) is 3.16. The predicted molar refractivity (Wildman–Crippen MR) is 70.6 cm³/mol. The molecule has 5 nitrogen and oxygen atoms in total. The highest BCUT2D eigenvalue weighted by Crippen LogP contribution is 2.25. The number of carbonyl (C=O) groups is 2. The lowest BCUT2D eigenvalue weighted by Gasteiger charge is -2.23. The monoisotopic (exact) mass is 302 g/mol. The van der Waals surface area contributed by atoms with E-state index in [1.165, 1.54) is 17.0 Å². The van der Waals surface area contributed by atoms with Crippen LogP contribution in [-0.4, -0.2) is 39.5 Å². The summed E-state index contributed by atoms with van der Waals surface area (Å²) in [6, 6.07) is 2.70. The number of aromatic nitrogens is 1. The van der Waals surface area contributed by atoms with Crippen LogP contribution in [0.2, 0.25) is 10.2 Å². The van der Waals surface area contributed by atoms with Crippen LogP contribution in [0.25, 0.3) is 0 Å². The van der Waals surface area contributed by atoms with E-state index in [0.29, 0.717) is 13.0 Å². The molecule has 7 heteroatoms. The van der Waals surface area contributed by atoms with Crippen molar-refractivity contribution < 1.29 is 14.7 Å². The van der Waals surface area contributed by atoms with Gasteiger partial charge in [0.05, 0.1) is 11.4 Å². The number of carboxylic acids is 1. The summed E-state index contributed by atoms with van der Waals surface area (Å²) in [5.74, 6) is -1.29. The van der Waals surface area contributed by atoms with Gasteiger partial charge in [0.1, 0.15) is 10.8 Å². The second-order valence-electron chi connectivity index (χ2n) is 4.36. The lowest BCUT2D eigenvalue weighted by molar-refractivity contribution is -0.137. The molecule has 0 spiro atoms. The highest BCUT2D eigenvalue weighted by molar-refractivity contribution is 6.34. The number of hydrogen-bond acceptors (Lipinski definition) is 3. The van der Waals surface area contributed by atoms with Crippen molar-refractivity contribution in [2.75, 3.05) is 6.54 Å². The molecule has 1 amide bonds. The SMILES string of the molecule is O=C(O)CC1CCCN1C(=O)c1nc(Cl)ccc1Cl. The van der Waals surface area contributed by atoms with Gasteiger partial charge in [0.25, 0.3) is 5.91 Å². The molecule has 1 fully saturated rings. The van der Waals surface area contributed by atoms with Gasteiger partial charge in [-0.2, -0.15) is 0 Å². The first kappa shape index (κ1) is 14.1. The standard InChI is InChI=1S/C12H12Cl2N2O3/c13-8-3-4-9(14)15-11(8)12(19)16-5-1-2-7(16)6-10(17)18/h3-4,7H,1-2,5-6H2,(H,17,18). The third-order valence-corrected chi connectivity index (χ3v) is 3.58. The Hall–Kier alpha value is -1.33. The lowest BCUT2D eigenvalue weighted by Crippen LogP contribution is -2.37. The number of pyridine rings is 1. The van der Waals surface area contributed by atoms with Crippen molar-refractivity contribution in [3.05, 3.63) is 28.0 Å². The first-order valence-electron chi connectivity index (χ1n) is 5.84. The summed E-state index contributed by atoms with van der Waals surface area (Å²) in [4.78, 5) is 28.6.